The van der Waals surface area contributed by atoms with Crippen LogP contribution in [0.25, 0.3) is 0 Å². The van der Waals surface area contributed by atoms with Crippen molar-refractivity contribution in [2.24, 2.45) is 0 Å². The summed E-state index contributed by atoms with van der Waals surface area (Å²) >= 11 is 0. The number of aromatic nitrogens is 2. The van der Waals surface area contributed by atoms with Crippen LogP contribution in [0.2, 0.25) is 0 Å². The van der Waals surface area contributed by atoms with E-state index in [2.05, 4.69) is 15.0 Å². The molecule has 12 heteroatoms. The van der Waals surface area contributed by atoms with Crippen LogP contribution in [0, 0.1) is 0 Å². The number of carbonyl (C=O) groups excluding carboxylic acids is 4. The van der Waals surface area contributed by atoms with Crippen LogP contribution >= 0.6 is 0 Å². The summed E-state index contributed by atoms with van der Waals surface area (Å²) in [6, 6.07) is -1.69. The highest BCUT2D eigenvalue weighted by Crippen LogP contribution is 1.96. The van der Waals surface area contributed by atoms with Crippen molar-refractivity contribution in [3.63, 3.8) is 0 Å². The van der Waals surface area contributed by atoms with Crippen molar-refractivity contribution >= 4 is 23.9 Å². The molecule has 1 saturated heterocycles. The quantitative estimate of drug-likeness (QED) is 0.245. The fraction of sp³-hybridized carbons (Fsp3) is 0.231. The van der Waals surface area contributed by atoms with Crippen LogP contribution in [-0.4, -0.2) is 46.5 Å². The van der Waals surface area contributed by atoms with Crippen molar-refractivity contribution in [3.05, 3.63) is 44.8 Å². The minimum atomic E-state index is -0.997. The van der Waals surface area contributed by atoms with Crippen LogP contribution in [-0.2, 0) is 30.5 Å². The third-order valence-electron chi connectivity index (χ3n) is 2.87. The second-order valence-electron chi connectivity index (χ2n) is 4.68. The number of hydrogen-bond donors (Lipinski definition) is 4. The summed E-state index contributed by atoms with van der Waals surface area (Å²) in [5.41, 5.74) is -1.40. The van der Waals surface area contributed by atoms with Gasteiger partial charge >= 0.3 is 23.7 Å². The van der Waals surface area contributed by atoms with Crippen molar-refractivity contribution in [3.8, 4) is 0 Å². The third kappa shape index (κ3) is 5.16. The van der Waals surface area contributed by atoms with Gasteiger partial charge in [0.1, 0.15) is 19.3 Å². The minimum absolute atomic E-state index is 0.00640. The van der Waals surface area contributed by atoms with Gasteiger partial charge in [-0.05, 0) is 0 Å². The lowest BCUT2D eigenvalue weighted by atomic mass is 10.3. The third-order valence-corrected chi connectivity index (χ3v) is 2.87. The molecule has 1 aromatic rings. The van der Waals surface area contributed by atoms with E-state index in [4.69, 9.17) is 4.74 Å². The molecule has 25 heavy (non-hydrogen) atoms. The number of ether oxygens (including phenoxy) is 2. The topological polar surface area (TPSA) is 177 Å². The van der Waals surface area contributed by atoms with Gasteiger partial charge in [-0.2, -0.15) is 0 Å². The average Bonchev–Trinajstić information content (AvgIpc) is 2.87. The Morgan fingerprint density at radius 3 is 2.36 bits per heavy atom. The maximum Gasteiger partial charge on any atom is 0.331 e. The lowest BCUT2D eigenvalue weighted by molar-refractivity contribution is -0.142. The predicted molar refractivity (Wildman–Crippen MR) is 78.0 cm³/mol. The first kappa shape index (κ1) is 17.7. The zero-order valence-electron chi connectivity index (χ0n) is 12.5. The Bertz CT molecular complexity index is 852. The second-order valence-corrected chi connectivity index (χ2v) is 4.68. The average molecular weight is 352 g/mol. The smallest absolute Gasteiger partial charge is 0.331 e. The number of esters is 2. The number of H-pyrrole nitrogens is 2. The maximum absolute atomic E-state index is 11.4. The van der Waals surface area contributed by atoms with Crippen LogP contribution < -0.4 is 21.9 Å². The van der Waals surface area contributed by atoms with Gasteiger partial charge in [-0.15, -0.1) is 0 Å². The van der Waals surface area contributed by atoms with Crippen molar-refractivity contribution in [2.75, 3.05) is 6.61 Å². The van der Waals surface area contributed by atoms with E-state index in [-0.39, 0.29) is 5.56 Å². The first-order valence-corrected chi connectivity index (χ1v) is 6.79. The molecule has 12 nitrogen and oxygen atoms in total. The summed E-state index contributed by atoms with van der Waals surface area (Å²) in [7, 11) is 0. The van der Waals surface area contributed by atoms with Gasteiger partial charge in [-0.1, -0.05) is 0 Å². The number of urea groups is 1. The van der Waals surface area contributed by atoms with Gasteiger partial charge in [0.15, 0.2) is 0 Å². The Balaban J connectivity index is 1.76. The van der Waals surface area contributed by atoms with Crippen LogP contribution in [0.4, 0.5) is 4.79 Å². The molecule has 0 spiro atoms. The monoisotopic (exact) mass is 352 g/mol. The van der Waals surface area contributed by atoms with Gasteiger partial charge in [0, 0.05) is 18.3 Å². The SMILES string of the molecule is O=C1NC(=O)C(COC(=O)/C=C/C(=O)OCc2c[nH]c(=O)[nH]c2=O)N1. The molecule has 2 heterocycles. The molecule has 3 amide bonds. The Hall–Kier alpha value is -3.70. The number of rotatable bonds is 6. The molecule has 0 aromatic carbocycles. The molecule has 1 fully saturated rings. The normalized spacial score (nSPS) is 16.4. The standard InChI is InChI=1S/C13H12N4O8/c18-8(24-4-6-3-14-12(22)16-10(6)20)1-2-9(19)25-5-7-11(21)17-13(23)15-7/h1-3,7H,4-5H2,(H2,14,16,20,22)(H2,15,17,21,23)/b2-1+. The van der Waals surface area contributed by atoms with E-state index in [0.29, 0.717) is 0 Å². The summed E-state index contributed by atoms with van der Waals surface area (Å²) in [4.78, 5) is 71.2. The number of nitrogens with one attached hydrogen (secondary N) is 4. The molecule has 1 aromatic heterocycles. The van der Waals surface area contributed by atoms with Gasteiger partial charge < -0.3 is 19.8 Å². The van der Waals surface area contributed by atoms with E-state index < -0.39 is 54.4 Å². The van der Waals surface area contributed by atoms with Crippen molar-refractivity contribution in [2.45, 2.75) is 12.6 Å². The van der Waals surface area contributed by atoms with Crippen LogP contribution in [0.5, 0.6) is 0 Å². The van der Waals surface area contributed by atoms with Gasteiger partial charge in [0.2, 0.25) is 0 Å². The van der Waals surface area contributed by atoms with Gasteiger partial charge in [0.25, 0.3) is 11.5 Å². The molecule has 1 aliphatic rings. The lowest BCUT2D eigenvalue weighted by Crippen LogP contribution is -2.34. The Kier molecular flexibility index (Phi) is 5.45. The Morgan fingerprint density at radius 2 is 1.76 bits per heavy atom. The molecule has 1 unspecified atom stereocenters. The van der Waals surface area contributed by atoms with E-state index in [1.54, 1.807) is 0 Å². The highest BCUT2D eigenvalue weighted by molar-refractivity contribution is 6.04. The Labute approximate surface area is 138 Å². The highest BCUT2D eigenvalue weighted by atomic mass is 16.5. The maximum atomic E-state index is 11.4. The van der Waals surface area contributed by atoms with E-state index >= 15 is 0 Å². The fourth-order valence-corrected chi connectivity index (χ4v) is 1.67. The van der Waals surface area contributed by atoms with Crippen molar-refractivity contribution in [1.82, 2.24) is 20.6 Å². The van der Waals surface area contributed by atoms with Gasteiger partial charge in [-0.3, -0.25) is 19.9 Å². The van der Waals surface area contributed by atoms with E-state index in [9.17, 15) is 28.8 Å². The molecule has 0 radical (unpaired) electrons. The first-order valence-electron chi connectivity index (χ1n) is 6.79. The number of hydrogen-bond acceptors (Lipinski definition) is 8. The largest absolute Gasteiger partial charge is 0.460 e. The van der Waals surface area contributed by atoms with Gasteiger partial charge in [-0.25, -0.2) is 19.2 Å². The second kappa shape index (κ2) is 7.72. The van der Waals surface area contributed by atoms with Crippen molar-refractivity contribution in [1.29, 1.82) is 0 Å². The van der Waals surface area contributed by atoms with Gasteiger partial charge in [0.05, 0.1) is 5.56 Å². The molecule has 1 atom stereocenters. The minimum Gasteiger partial charge on any atom is -0.460 e. The highest BCUT2D eigenvalue weighted by Gasteiger charge is 2.30. The molecule has 0 aliphatic carbocycles. The van der Waals surface area contributed by atoms with E-state index in [1.165, 1.54) is 0 Å². The lowest BCUT2D eigenvalue weighted by Gasteiger charge is -2.06. The zero-order valence-corrected chi connectivity index (χ0v) is 12.5. The van der Waals surface area contributed by atoms with E-state index in [0.717, 1.165) is 18.3 Å². The van der Waals surface area contributed by atoms with Crippen LogP contribution in [0.3, 0.4) is 0 Å². The molecule has 132 valence electrons. The fourth-order valence-electron chi connectivity index (χ4n) is 1.67. The summed E-state index contributed by atoms with van der Waals surface area (Å²) in [5, 5.41) is 4.18. The summed E-state index contributed by atoms with van der Waals surface area (Å²) in [6.45, 7) is -0.818. The van der Waals surface area contributed by atoms with E-state index in [1.807, 2.05) is 10.3 Å². The number of aromatic amines is 2. The molecular weight excluding hydrogens is 340 g/mol. The van der Waals surface area contributed by atoms with Crippen molar-refractivity contribution < 1.29 is 28.7 Å². The molecule has 1 aliphatic heterocycles. The zero-order chi connectivity index (χ0) is 18.4. The number of imide groups is 1. The summed E-state index contributed by atoms with van der Waals surface area (Å²) < 4.78 is 9.40. The summed E-state index contributed by atoms with van der Waals surface area (Å²) in [5.74, 6) is -2.51. The molecule has 0 saturated carbocycles. The number of carbonyl (C=O) groups is 4. The predicted octanol–water partition coefficient (Wildman–Crippen LogP) is -2.59. The first-order chi connectivity index (χ1) is 11.8. The van der Waals surface area contributed by atoms with Crippen LogP contribution in [0.1, 0.15) is 5.56 Å². The molecule has 0 bridgehead atoms. The summed E-state index contributed by atoms with van der Waals surface area (Å²) in [6.07, 6.45) is 2.61. The molecular formula is C13H12N4O8. The van der Waals surface area contributed by atoms with Crippen LogP contribution in [0.15, 0.2) is 27.9 Å². The number of amides is 3. The molecule has 4 N–H and O–H groups in total. The molecule has 2 rings (SSSR count). The Morgan fingerprint density at radius 1 is 1.08 bits per heavy atom.